The van der Waals surface area contributed by atoms with Gasteiger partial charge >= 0.3 is 0 Å². The highest BCUT2D eigenvalue weighted by molar-refractivity contribution is 9.10. The molecule has 142 valence electrons. The second kappa shape index (κ2) is 7.57. The number of thiazole rings is 1. The summed E-state index contributed by atoms with van der Waals surface area (Å²) in [6.45, 7) is 3.46. The van der Waals surface area contributed by atoms with Gasteiger partial charge in [-0.2, -0.15) is 0 Å². The Bertz CT molecular complexity index is 1090. The van der Waals surface area contributed by atoms with Gasteiger partial charge in [-0.05, 0) is 48.0 Å². The Morgan fingerprint density at radius 3 is 2.59 bits per heavy atom. The fourth-order valence-corrected chi connectivity index (χ4v) is 5.15. The molecular weight excluding hydrogens is 450 g/mol. The number of carbonyl (C=O) groups is 1. The third kappa shape index (κ3) is 3.99. The van der Waals surface area contributed by atoms with Crippen LogP contribution >= 0.6 is 27.3 Å². The van der Waals surface area contributed by atoms with Crippen molar-refractivity contribution >= 4 is 48.8 Å². The predicted octanol–water partition coefficient (Wildman–Crippen LogP) is 3.96. The quantitative estimate of drug-likeness (QED) is 0.514. The molecule has 6 nitrogen and oxygen atoms in total. The fraction of sp³-hybridized carbons (Fsp3) is 0.222. The molecule has 0 fully saturated rings. The standard InChI is InChI=1S/C18H18BrN3O3S2/c1-12-10-14(13(2)22(12)18-20-8-9-26-18)17(23)11-21(27(3,24)25)16-7-5-4-6-15(16)19/h4-10H,11H2,1-3H3. The lowest BCUT2D eigenvalue weighted by Gasteiger charge is -2.22. The van der Waals surface area contributed by atoms with E-state index in [4.69, 9.17) is 0 Å². The maximum atomic E-state index is 13.0. The zero-order valence-electron chi connectivity index (χ0n) is 15.0. The van der Waals surface area contributed by atoms with E-state index in [1.165, 1.54) is 11.3 Å². The first-order valence-electron chi connectivity index (χ1n) is 8.04. The van der Waals surface area contributed by atoms with E-state index in [0.29, 0.717) is 15.7 Å². The third-order valence-electron chi connectivity index (χ3n) is 4.15. The number of sulfonamides is 1. The molecule has 0 radical (unpaired) electrons. The van der Waals surface area contributed by atoms with Crippen molar-refractivity contribution < 1.29 is 13.2 Å². The zero-order chi connectivity index (χ0) is 19.8. The Morgan fingerprint density at radius 2 is 2.00 bits per heavy atom. The molecule has 0 unspecified atom stereocenters. The number of hydrogen-bond donors (Lipinski definition) is 0. The summed E-state index contributed by atoms with van der Waals surface area (Å²) < 4.78 is 28.3. The summed E-state index contributed by atoms with van der Waals surface area (Å²) in [5.41, 5.74) is 2.54. The maximum absolute atomic E-state index is 13.0. The average molecular weight is 468 g/mol. The van der Waals surface area contributed by atoms with E-state index in [9.17, 15) is 13.2 Å². The molecule has 9 heteroatoms. The lowest BCUT2D eigenvalue weighted by atomic mass is 10.1. The van der Waals surface area contributed by atoms with Crippen LogP contribution in [0.15, 0.2) is 46.4 Å². The minimum absolute atomic E-state index is 0.271. The van der Waals surface area contributed by atoms with Crippen LogP contribution < -0.4 is 4.31 Å². The van der Waals surface area contributed by atoms with Crippen molar-refractivity contribution in [2.75, 3.05) is 17.1 Å². The molecule has 0 aliphatic rings. The van der Waals surface area contributed by atoms with Crippen molar-refractivity contribution in [1.29, 1.82) is 0 Å². The molecule has 0 aliphatic heterocycles. The summed E-state index contributed by atoms with van der Waals surface area (Å²) in [4.78, 5) is 17.3. The lowest BCUT2D eigenvalue weighted by molar-refractivity contribution is 0.100. The predicted molar refractivity (Wildman–Crippen MR) is 112 cm³/mol. The highest BCUT2D eigenvalue weighted by atomic mass is 79.9. The van der Waals surface area contributed by atoms with Gasteiger partial charge in [0.25, 0.3) is 0 Å². The van der Waals surface area contributed by atoms with Crippen molar-refractivity contribution in [2.24, 2.45) is 0 Å². The van der Waals surface area contributed by atoms with Crippen LogP contribution in [-0.4, -0.2) is 36.6 Å². The van der Waals surface area contributed by atoms with E-state index in [-0.39, 0.29) is 12.3 Å². The molecule has 3 rings (SSSR count). The van der Waals surface area contributed by atoms with Crippen LogP contribution in [0.2, 0.25) is 0 Å². The molecule has 0 aliphatic carbocycles. The fourth-order valence-electron chi connectivity index (χ4n) is 2.92. The number of benzene rings is 1. The normalized spacial score (nSPS) is 11.6. The van der Waals surface area contributed by atoms with E-state index < -0.39 is 10.0 Å². The first-order chi connectivity index (χ1) is 12.7. The number of hydrogen-bond acceptors (Lipinski definition) is 5. The van der Waals surface area contributed by atoms with Gasteiger partial charge in [0.1, 0.15) is 0 Å². The van der Waals surface area contributed by atoms with Gasteiger partial charge < -0.3 is 0 Å². The summed E-state index contributed by atoms with van der Waals surface area (Å²) in [6, 6.07) is 8.71. The van der Waals surface area contributed by atoms with Crippen LogP contribution in [0.4, 0.5) is 5.69 Å². The van der Waals surface area contributed by atoms with Gasteiger partial charge in [-0.15, -0.1) is 11.3 Å². The molecule has 1 aromatic carbocycles. The van der Waals surface area contributed by atoms with Crippen molar-refractivity contribution in [3.05, 3.63) is 63.3 Å². The average Bonchev–Trinajstić information content (AvgIpc) is 3.20. The van der Waals surface area contributed by atoms with Crippen LogP contribution in [0.3, 0.4) is 0 Å². The second-order valence-electron chi connectivity index (χ2n) is 6.08. The molecule has 3 aromatic rings. The van der Waals surface area contributed by atoms with Crippen molar-refractivity contribution in [3.63, 3.8) is 0 Å². The Kier molecular flexibility index (Phi) is 5.55. The van der Waals surface area contributed by atoms with Gasteiger partial charge in [-0.25, -0.2) is 13.4 Å². The Balaban J connectivity index is 1.99. The molecule has 27 heavy (non-hydrogen) atoms. The van der Waals surface area contributed by atoms with E-state index in [0.717, 1.165) is 27.1 Å². The molecule has 0 saturated heterocycles. The second-order valence-corrected chi connectivity index (χ2v) is 9.71. The number of ketones is 1. The van der Waals surface area contributed by atoms with E-state index in [2.05, 4.69) is 20.9 Å². The SMILES string of the molecule is Cc1cc(C(=O)CN(c2ccccc2Br)S(C)(=O)=O)c(C)n1-c1nccs1. The highest BCUT2D eigenvalue weighted by Gasteiger charge is 2.25. The molecule has 0 amide bonds. The number of aryl methyl sites for hydroxylation is 1. The lowest BCUT2D eigenvalue weighted by Crippen LogP contribution is -2.35. The minimum Gasteiger partial charge on any atom is -0.294 e. The molecule has 0 N–H and O–H groups in total. The van der Waals surface area contributed by atoms with Gasteiger partial charge in [0.05, 0.1) is 18.5 Å². The Labute approximate surface area is 170 Å². The zero-order valence-corrected chi connectivity index (χ0v) is 18.2. The summed E-state index contributed by atoms with van der Waals surface area (Å²) >= 11 is 4.84. The molecule has 2 aromatic heterocycles. The monoisotopic (exact) mass is 467 g/mol. The number of Topliss-reactive ketones (excluding diaryl/α,β-unsaturated/α-hetero) is 1. The summed E-state index contributed by atoms with van der Waals surface area (Å²) in [6.07, 6.45) is 2.80. The topological polar surface area (TPSA) is 72.3 Å². The van der Waals surface area contributed by atoms with E-state index in [1.807, 2.05) is 23.8 Å². The molecule has 0 saturated carbocycles. The Morgan fingerprint density at radius 1 is 1.30 bits per heavy atom. The summed E-state index contributed by atoms with van der Waals surface area (Å²) in [5, 5.41) is 2.64. The Hall–Kier alpha value is -1.97. The van der Waals surface area contributed by atoms with Gasteiger partial charge in [0, 0.05) is 33.0 Å². The number of nitrogens with zero attached hydrogens (tertiary/aromatic N) is 3. The molecule has 0 spiro atoms. The number of halogens is 1. The van der Waals surface area contributed by atoms with Gasteiger partial charge in [-0.3, -0.25) is 13.7 Å². The number of carbonyl (C=O) groups excluding carboxylic acids is 1. The van der Waals surface area contributed by atoms with Crippen LogP contribution in [0, 0.1) is 13.8 Å². The van der Waals surface area contributed by atoms with E-state index in [1.54, 1.807) is 36.5 Å². The molecule has 0 bridgehead atoms. The van der Waals surface area contributed by atoms with Crippen LogP contribution in [0.5, 0.6) is 0 Å². The van der Waals surface area contributed by atoms with Crippen molar-refractivity contribution in [3.8, 4) is 5.13 Å². The smallest absolute Gasteiger partial charge is 0.232 e. The highest BCUT2D eigenvalue weighted by Crippen LogP contribution is 2.29. The van der Waals surface area contributed by atoms with Crippen LogP contribution in [0.25, 0.3) is 5.13 Å². The number of para-hydroxylation sites is 1. The number of anilines is 1. The number of rotatable bonds is 6. The maximum Gasteiger partial charge on any atom is 0.232 e. The largest absolute Gasteiger partial charge is 0.294 e. The molecule has 2 heterocycles. The summed E-state index contributed by atoms with van der Waals surface area (Å²) in [7, 11) is -3.64. The first-order valence-corrected chi connectivity index (χ1v) is 11.6. The summed E-state index contributed by atoms with van der Waals surface area (Å²) in [5.74, 6) is -0.271. The van der Waals surface area contributed by atoms with Crippen molar-refractivity contribution in [2.45, 2.75) is 13.8 Å². The van der Waals surface area contributed by atoms with Crippen molar-refractivity contribution in [1.82, 2.24) is 9.55 Å². The molecular formula is C18H18BrN3O3S2. The first kappa shape index (κ1) is 19.8. The van der Waals surface area contributed by atoms with Gasteiger partial charge in [0.2, 0.25) is 10.0 Å². The minimum atomic E-state index is -3.64. The van der Waals surface area contributed by atoms with Gasteiger partial charge in [0.15, 0.2) is 10.9 Å². The third-order valence-corrected chi connectivity index (χ3v) is 6.70. The van der Waals surface area contributed by atoms with Crippen LogP contribution in [0.1, 0.15) is 21.7 Å². The number of aromatic nitrogens is 2. The van der Waals surface area contributed by atoms with Crippen LogP contribution in [-0.2, 0) is 10.0 Å². The molecule has 0 atom stereocenters. The van der Waals surface area contributed by atoms with Gasteiger partial charge in [-0.1, -0.05) is 12.1 Å². The van der Waals surface area contributed by atoms with E-state index >= 15 is 0 Å².